The smallest absolute Gasteiger partial charge is 0.169 e. The van der Waals surface area contributed by atoms with Crippen molar-refractivity contribution < 1.29 is 14.6 Å². The van der Waals surface area contributed by atoms with E-state index in [1.807, 2.05) is 48.5 Å². The first-order chi connectivity index (χ1) is 12.7. The van der Waals surface area contributed by atoms with E-state index in [1.165, 1.54) is 0 Å². The third-order valence-corrected chi connectivity index (χ3v) is 4.04. The molecule has 4 heteroatoms. The monoisotopic (exact) mass is 347 g/mol. The van der Waals surface area contributed by atoms with Crippen LogP contribution in [-0.4, -0.2) is 22.0 Å². The summed E-state index contributed by atoms with van der Waals surface area (Å²) in [6.45, 7) is 0.392. The molecule has 2 aromatic carbocycles. The number of aliphatic hydroxyl groups is 1. The van der Waals surface area contributed by atoms with E-state index in [2.05, 4.69) is 4.98 Å². The summed E-state index contributed by atoms with van der Waals surface area (Å²) in [5, 5.41) is 10.2. The van der Waals surface area contributed by atoms with Gasteiger partial charge in [-0.15, -0.1) is 0 Å². The number of pyridine rings is 1. The summed E-state index contributed by atoms with van der Waals surface area (Å²) in [5.74, 6) is 0.403. The summed E-state index contributed by atoms with van der Waals surface area (Å²) in [6.07, 6.45) is 3.06. The van der Waals surface area contributed by atoms with Crippen LogP contribution in [-0.2, 0) is 13.0 Å². The maximum atomic E-state index is 12.6. The number of hydrogen-bond donors (Lipinski definition) is 1. The highest BCUT2D eigenvalue weighted by molar-refractivity contribution is 5.98. The first kappa shape index (κ1) is 17.8. The van der Waals surface area contributed by atoms with Crippen molar-refractivity contribution in [3.63, 3.8) is 0 Å². The third-order valence-electron chi connectivity index (χ3n) is 4.04. The van der Waals surface area contributed by atoms with Gasteiger partial charge in [0.05, 0.1) is 11.7 Å². The molecule has 0 saturated carbocycles. The van der Waals surface area contributed by atoms with Crippen molar-refractivity contribution in [2.45, 2.75) is 25.6 Å². The minimum atomic E-state index is -0.756. The molecule has 1 N–H and O–H groups in total. The molecule has 1 atom stereocenters. The number of carbonyl (C=O) groups excluding carboxylic acids is 1. The molecule has 0 radical (unpaired) electrons. The minimum Gasteiger partial charge on any atom is -0.488 e. The van der Waals surface area contributed by atoms with Crippen LogP contribution in [0.2, 0.25) is 0 Å². The lowest BCUT2D eigenvalue weighted by atomic mass is 10.0. The molecule has 132 valence electrons. The molecule has 0 fully saturated rings. The number of para-hydroxylation sites is 1. The second kappa shape index (κ2) is 8.92. The number of ether oxygens (including phenoxy) is 1. The lowest BCUT2D eigenvalue weighted by molar-refractivity contribution is 0.0876. The molecule has 0 aliphatic carbocycles. The molecule has 3 rings (SSSR count). The topological polar surface area (TPSA) is 59.4 Å². The zero-order valence-corrected chi connectivity index (χ0v) is 14.4. The summed E-state index contributed by atoms with van der Waals surface area (Å²) in [5.41, 5.74) is 2.43. The maximum Gasteiger partial charge on any atom is 0.169 e. The highest BCUT2D eigenvalue weighted by Gasteiger charge is 2.17. The van der Waals surface area contributed by atoms with Gasteiger partial charge in [0, 0.05) is 25.2 Å². The number of rotatable bonds is 8. The fourth-order valence-corrected chi connectivity index (χ4v) is 2.75. The van der Waals surface area contributed by atoms with Gasteiger partial charge >= 0.3 is 0 Å². The molecule has 1 heterocycles. The molecule has 3 aromatic rings. The van der Waals surface area contributed by atoms with Crippen molar-refractivity contribution in [3.8, 4) is 5.75 Å². The number of aliphatic hydroxyl groups excluding tert-OH is 1. The van der Waals surface area contributed by atoms with Crippen molar-refractivity contribution in [1.29, 1.82) is 0 Å². The largest absolute Gasteiger partial charge is 0.488 e. The molecule has 1 aromatic heterocycles. The highest BCUT2D eigenvalue weighted by atomic mass is 16.5. The van der Waals surface area contributed by atoms with Crippen LogP contribution in [0.4, 0.5) is 0 Å². The summed E-state index contributed by atoms with van der Waals surface area (Å²) >= 11 is 0. The number of nitrogens with zero attached hydrogens (tertiary/aromatic N) is 1. The van der Waals surface area contributed by atoms with Gasteiger partial charge in [0.1, 0.15) is 12.4 Å². The Kier molecular flexibility index (Phi) is 6.12. The van der Waals surface area contributed by atoms with Crippen LogP contribution in [0.25, 0.3) is 0 Å². The van der Waals surface area contributed by atoms with Gasteiger partial charge in [-0.2, -0.15) is 0 Å². The Morgan fingerprint density at radius 3 is 2.46 bits per heavy atom. The van der Waals surface area contributed by atoms with E-state index >= 15 is 0 Å². The molecule has 0 aliphatic heterocycles. The number of carbonyl (C=O) groups is 1. The number of ketones is 1. The van der Waals surface area contributed by atoms with Crippen LogP contribution in [0.3, 0.4) is 0 Å². The van der Waals surface area contributed by atoms with E-state index in [-0.39, 0.29) is 12.2 Å². The average molecular weight is 347 g/mol. The lowest BCUT2D eigenvalue weighted by Crippen LogP contribution is -2.17. The molecular formula is C22H21NO3. The molecule has 0 saturated heterocycles. The minimum absolute atomic E-state index is 0.0423. The van der Waals surface area contributed by atoms with E-state index in [9.17, 15) is 9.90 Å². The summed E-state index contributed by atoms with van der Waals surface area (Å²) in [4.78, 5) is 16.6. The second-order valence-corrected chi connectivity index (χ2v) is 6.12. The molecule has 0 amide bonds. The van der Waals surface area contributed by atoms with Gasteiger partial charge in [-0.3, -0.25) is 9.78 Å². The molecule has 0 aliphatic rings. The van der Waals surface area contributed by atoms with Gasteiger partial charge in [-0.25, -0.2) is 0 Å². The van der Waals surface area contributed by atoms with Crippen LogP contribution < -0.4 is 4.74 Å². The zero-order chi connectivity index (χ0) is 18.2. The van der Waals surface area contributed by atoms with Gasteiger partial charge in [0.2, 0.25) is 0 Å². The number of Topliss-reactive ketones (excluding diaryl/α,β-unsaturated/α-hetero) is 1. The lowest BCUT2D eigenvalue weighted by Gasteiger charge is -2.13. The Labute approximate surface area is 153 Å². The van der Waals surface area contributed by atoms with Crippen LogP contribution in [0, 0.1) is 0 Å². The Morgan fingerprint density at radius 2 is 1.69 bits per heavy atom. The molecule has 0 spiro atoms. The van der Waals surface area contributed by atoms with Crippen molar-refractivity contribution in [2.24, 2.45) is 0 Å². The van der Waals surface area contributed by atoms with E-state index in [0.717, 1.165) is 11.1 Å². The van der Waals surface area contributed by atoms with E-state index in [4.69, 9.17) is 4.74 Å². The van der Waals surface area contributed by atoms with Crippen LogP contribution >= 0.6 is 0 Å². The molecule has 26 heavy (non-hydrogen) atoms. The van der Waals surface area contributed by atoms with Gasteiger partial charge < -0.3 is 9.84 Å². The first-order valence-electron chi connectivity index (χ1n) is 8.58. The van der Waals surface area contributed by atoms with Crippen LogP contribution in [0.1, 0.15) is 27.9 Å². The quantitative estimate of drug-likeness (QED) is 0.629. The van der Waals surface area contributed by atoms with Crippen LogP contribution in [0.5, 0.6) is 5.75 Å². The van der Waals surface area contributed by atoms with Crippen molar-refractivity contribution >= 4 is 5.78 Å². The standard InChI is InChI=1S/C22H21NO3/c24-19(13-18-9-6-12-23-15-18)14-21(25)20-10-4-5-11-22(20)26-16-17-7-2-1-3-8-17/h1-12,15,19,24H,13-14,16H2. The Balaban J connectivity index is 1.63. The average Bonchev–Trinajstić information content (AvgIpc) is 2.68. The maximum absolute atomic E-state index is 12.6. The van der Waals surface area contributed by atoms with Gasteiger partial charge in [-0.05, 0) is 29.3 Å². The molecule has 1 unspecified atom stereocenters. The van der Waals surface area contributed by atoms with Crippen molar-refractivity contribution in [3.05, 3.63) is 95.8 Å². The van der Waals surface area contributed by atoms with Gasteiger partial charge in [0.25, 0.3) is 0 Å². The highest BCUT2D eigenvalue weighted by Crippen LogP contribution is 2.22. The van der Waals surface area contributed by atoms with Gasteiger partial charge in [0.15, 0.2) is 5.78 Å². The number of hydrogen-bond acceptors (Lipinski definition) is 4. The predicted molar refractivity (Wildman–Crippen MR) is 100 cm³/mol. The first-order valence-corrected chi connectivity index (χ1v) is 8.58. The second-order valence-electron chi connectivity index (χ2n) is 6.12. The zero-order valence-electron chi connectivity index (χ0n) is 14.4. The fraction of sp³-hybridized carbons (Fsp3) is 0.182. The summed E-state index contributed by atoms with van der Waals surface area (Å²) in [7, 11) is 0. The summed E-state index contributed by atoms with van der Waals surface area (Å²) < 4.78 is 5.83. The third kappa shape index (κ3) is 5.01. The molecule has 0 bridgehead atoms. The van der Waals surface area contributed by atoms with E-state index in [0.29, 0.717) is 24.3 Å². The fourth-order valence-electron chi connectivity index (χ4n) is 2.75. The van der Waals surface area contributed by atoms with E-state index < -0.39 is 6.10 Å². The summed E-state index contributed by atoms with van der Waals surface area (Å²) in [6, 6.07) is 20.7. The predicted octanol–water partition coefficient (Wildman–Crippen LogP) is 3.84. The van der Waals surface area contributed by atoms with Gasteiger partial charge in [-0.1, -0.05) is 48.5 Å². The van der Waals surface area contributed by atoms with Crippen molar-refractivity contribution in [2.75, 3.05) is 0 Å². The molecular weight excluding hydrogens is 326 g/mol. The molecule has 4 nitrogen and oxygen atoms in total. The Hall–Kier alpha value is -2.98. The van der Waals surface area contributed by atoms with Crippen LogP contribution in [0.15, 0.2) is 79.1 Å². The number of benzene rings is 2. The normalized spacial score (nSPS) is 11.7. The SMILES string of the molecule is O=C(CC(O)Cc1cccnc1)c1ccccc1OCc1ccccc1. The van der Waals surface area contributed by atoms with Crippen molar-refractivity contribution in [1.82, 2.24) is 4.98 Å². The van der Waals surface area contributed by atoms with E-state index in [1.54, 1.807) is 30.6 Å². The Morgan fingerprint density at radius 1 is 0.962 bits per heavy atom. The Bertz CT molecular complexity index is 834. The number of aromatic nitrogens is 1.